The third kappa shape index (κ3) is 34.2. The maximum atomic E-state index is 11.3. The van der Waals surface area contributed by atoms with Gasteiger partial charge in [0, 0.05) is 19.6 Å². The second kappa shape index (κ2) is 32.6. The maximum Gasteiger partial charge on any atom is 0.331 e. The van der Waals surface area contributed by atoms with E-state index in [2.05, 4.69) is 10.1 Å². The van der Waals surface area contributed by atoms with E-state index in [-0.39, 0.29) is 25.4 Å². The van der Waals surface area contributed by atoms with Gasteiger partial charge in [0.1, 0.15) is 6.61 Å². The van der Waals surface area contributed by atoms with Crippen LogP contribution in [0.15, 0.2) is 0 Å². The van der Waals surface area contributed by atoms with Crippen molar-refractivity contribution in [2.24, 2.45) is 0 Å². The molecule has 0 aromatic heterocycles. The van der Waals surface area contributed by atoms with Crippen LogP contribution < -0.4 is 5.32 Å². The summed E-state index contributed by atoms with van der Waals surface area (Å²) in [5.74, 6) is -1.67. The summed E-state index contributed by atoms with van der Waals surface area (Å²) in [6.07, 6.45) is 0.470. The summed E-state index contributed by atoms with van der Waals surface area (Å²) in [5, 5.41) is 11.2. The van der Waals surface area contributed by atoms with Gasteiger partial charge in [-0.2, -0.15) is 0 Å². The van der Waals surface area contributed by atoms with Gasteiger partial charge in [-0.3, -0.25) is 9.59 Å². The SMILES string of the molecule is COC(=O)COCCOCCOCCOCCOCCOCCOCCOCCOCCCNC(=O)CCC(=O)O. The fraction of sp³-hybridized carbons (Fsp3) is 0.885. The van der Waals surface area contributed by atoms with Gasteiger partial charge in [0.2, 0.25) is 5.91 Å². The van der Waals surface area contributed by atoms with Crippen LogP contribution in [0, 0.1) is 0 Å². The normalized spacial score (nSPS) is 11.0. The highest BCUT2D eigenvalue weighted by Gasteiger charge is 2.04. The van der Waals surface area contributed by atoms with E-state index < -0.39 is 11.9 Å². The van der Waals surface area contributed by atoms with Crippen LogP contribution in [0.25, 0.3) is 0 Å². The minimum atomic E-state index is -0.985. The van der Waals surface area contributed by atoms with E-state index in [4.69, 9.17) is 47.7 Å². The number of carbonyl (C=O) groups excluding carboxylic acids is 2. The molecular formula is C26H49NO14. The Kier molecular flexibility index (Phi) is 31.0. The number of carboxylic acid groups (broad SMARTS) is 1. The van der Waals surface area contributed by atoms with Gasteiger partial charge in [-0.1, -0.05) is 0 Å². The molecule has 0 saturated heterocycles. The summed E-state index contributed by atoms with van der Waals surface area (Å²) in [6.45, 7) is 8.02. The van der Waals surface area contributed by atoms with E-state index in [1.807, 2.05) is 0 Å². The van der Waals surface area contributed by atoms with Crippen molar-refractivity contribution in [2.45, 2.75) is 19.3 Å². The van der Waals surface area contributed by atoms with Crippen molar-refractivity contribution in [2.75, 3.05) is 133 Å². The zero-order valence-electron chi connectivity index (χ0n) is 24.3. The zero-order valence-corrected chi connectivity index (χ0v) is 24.3. The molecule has 1 amide bonds. The summed E-state index contributed by atoms with van der Waals surface area (Å²) in [4.78, 5) is 32.5. The molecule has 2 N–H and O–H groups in total. The van der Waals surface area contributed by atoms with Gasteiger partial charge in [-0.15, -0.1) is 0 Å². The van der Waals surface area contributed by atoms with Crippen LogP contribution in [-0.4, -0.2) is 156 Å². The standard InChI is InChI=1S/C26H49NO14/c1-32-26(31)23-41-22-21-40-20-19-39-18-17-38-16-15-37-14-13-36-12-11-35-10-9-34-8-7-33-6-2-5-27-24(28)3-4-25(29)30/h2-23H2,1H3,(H,27,28)(H,29,30). The molecule has 0 spiro atoms. The topological polar surface area (TPSA) is 176 Å². The summed E-state index contributed by atoms with van der Waals surface area (Å²) >= 11 is 0. The molecule has 0 saturated carbocycles. The molecular weight excluding hydrogens is 550 g/mol. The van der Waals surface area contributed by atoms with Crippen molar-refractivity contribution < 1.29 is 66.9 Å². The van der Waals surface area contributed by atoms with E-state index >= 15 is 0 Å². The first kappa shape index (κ1) is 39.0. The first-order valence-electron chi connectivity index (χ1n) is 13.8. The second-order valence-corrected chi connectivity index (χ2v) is 8.12. The van der Waals surface area contributed by atoms with Crippen molar-refractivity contribution in [1.29, 1.82) is 0 Å². The van der Waals surface area contributed by atoms with E-state index in [9.17, 15) is 14.4 Å². The third-order valence-corrected chi connectivity index (χ3v) is 4.78. The third-order valence-electron chi connectivity index (χ3n) is 4.78. The summed E-state index contributed by atoms with van der Waals surface area (Å²) in [6, 6.07) is 0. The van der Waals surface area contributed by atoms with Gasteiger partial charge in [-0.05, 0) is 6.42 Å². The molecule has 15 nitrogen and oxygen atoms in total. The maximum absolute atomic E-state index is 11.3. The van der Waals surface area contributed by atoms with Crippen molar-refractivity contribution in [3.63, 3.8) is 0 Å². The van der Waals surface area contributed by atoms with Crippen LogP contribution in [-0.2, 0) is 61.8 Å². The van der Waals surface area contributed by atoms with Gasteiger partial charge >= 0.3 is 11.9 Å². The molecule has 0 aromatic carbocycles. The molecule has 0 aromatic rings. The fourth-order valence-electron chi connectivity index (χ4n) is 2.68. The molecule has 242 valence electrons. The van der Waals surface area contributed by atoms with Crippen LogP contribution in [0.3, 0.4) is 0 Å². The van der Waals surface area contributed by atoms with Gasteiger partial charge in [0.15, 0.2) is 0 Å². The molecule has 15 heteroatoms. The number of nitrogens with one attached hydrogen (secondary N) is 1. The predicted octanol–water partition coefficient (Wildman–Crippen LogP) is -0.320. The number of ether oxygens (including phenoxy) is 10. The largest absolute Gasteiger partial charge is 0.481 e. The van der Waals surface area contributed by atoms with Crippen LogP contribution in [0.2, 0.25) is 0 Å². The number of hydrogen-bond acceptors (Lipinski definition) is 13. The number of esters is 1. The van der Waals surface area contributed by atoms with E-state index in [0.717, 1.165) is 0 Å². The van der Waals surface area contributed by atoms with E-state index in [1.54, 1.807) is 0 Å². The summed E-state index contributed by atoms with van der Waals surface area (Å²) < 4.78 is 52.7. The molecule has 0 aliphatic carbocycles. The lowest BCUT2D eigenvalue weighted by atomic mass is 10.3. The highest BCUT2D eigenvalue weighted by molar-refractivity contribution is 5.80. The molecule has 0 aliphatic heterocycles. The smallest absolute Gasteiger partial charge is 0.331 e. The van der Waals surface area contributed by atoms with Crippen LogP contribution in [0.4, 0.5) is 0 Å². The number of amides is 1. The van der Waals surface area contributed by atoms with Crippen molar-refractivity contribution in [1.82, 2.24) is 5.32 Å². The molecule has 0 bridgehead atoms. The molecule has 0 radical (unpaired) electrons. The molecule has 41 heavy (non-hydrogen) atoms. The van der Waals surface area contributed by atoms with Crippen molar-refractivity contribution in [3.05, 3.63) is 0 Å². The lowest BCUT2D eigenvalue weighted by Gasteiger charge is -2.09. The van der Waals surface area contributed by atoms with Gasteiger partial charge in [0.25, 0.3) is 0 Å². The lowest BCUT2D eigenvalue weighted by molar-refractivity contribution is -0.146. The minimum absolute atomic E-state index is 0.0124. The van der Waals surface area contributed by atoms with Crippen LogP contribution in [0.1, 0.15) is 19.3 Å². The second-order valence-electron chi connectivity index (χ2n) is 8.12. The predicted molar refractivity (Wildman–Crippen MR) is 144 cm³/mol. The van der Waals surface area contributed by atoms with Crippen molar-refractivity contribution >= 4 is 17.8 Å². The molecule has 0 atom stereocenters. The number of aliphatic carboxylic acids is 1. The highest BCUT2D eigenvalue weighted by atomic mass is 16.6. The Morgan fingerprint density at radius 2 is 0.854 bits per heavy atom. The quantitative estimate of drug-likeness (QED) is 0.0741. The Labute approximate surface area is 242 Å². The zero-order chi connectivity index (χ0) is 30.1. The lowest BCUT2D eigenvalue weighted by Crippen LogP contribution is -2.25. The molecule has 0 rings (SSSR count). The van der Waals surface area contributed by atoms with Gasteiger partial charge < -0.3 is 57.8 Å². The number of carbonyl (C=O) groups is 3. The van der Waals surface area contributed by atoms with E-state index in [0.29, 0.717) is 125 Å². The Balaban J connectivity index is 3.10. The highest BCUT2D eigenvalue weighted by Crippen LogP contribution is 1.90. The number of hydrogen-bond donors (Lipinski definition) is 2. The van der Waals surface area contributed by atoms with Crippen molar-refractivity contribution in [3.8, 4) is 0 Å². The van der Waals surface area contributed by atoms with E-state index in [1.165, 1.54) is 7.11 Å². The average molecular weight is 600 g/mol. The number of methoxy groups -OCH3 is 1. The first-order chi connectivity index (χ1) is 20.1. The number of carboxylic acids is 1. The first-order valence-corrected chi connectivity index (χ1v) is 13.8. The molecule has 0 unspecified atom stereocenters. The molecule has 0 heterocycles. The fourth-order valence-corrected chi connectivity index (χ4v) is 2.68. The Morgan fingerprint density at radius 3 is 1.20 bits per heavy atom. The summed E-state index contributed by atoms with van der Waals surface area (Å²) in [5.41, 5.74) is 0. The van der Waals surface area contributed by atoms with Gasteiger partial charge in [-0.25, -0.2) is 4.79 Å². The minimum Gasteiger partial charge on any atom is -0.481 e. The average Bonchev–Trinajstić information content (AvgIpc) is 2.96. The van der Waals surface area contributed by atoms with Crippen LogP contribution >= 0.6 is 0 Å². The Hall–Kier alpha value is -1.95. The Morgan fingerprint density at radius 1 is 0.512 bits per heavy atom. The van der Waals surface area contributed by atoms with Crippen LogP contribution in [0.5, 0.6) is 0 Å². The monoisotopic (exact) mass is 599 g/mol. The molecule has 0 aliphatic rings. The van der Waals surface area contributed by atoms with Gasteiger partial charge in [0.05, 0.1) is 119 Å². The molecule has 0 fully saturated rings. The Bertz CT molecular complexity index is 611. The number of rotatable bonds is 33. The summed E-state index contributed by atoms with van der Waals surface area (Å²) in [7, 11) is 1.31.